The van der Waals surface area contributed by atoms with Gasteiger partial charge in [-0.3, -0.25) is 9.59 Å². The zero-order valence-electron chi connectivity index (χ0n) is 13.0. The number of rotatable bonds is 5. The molecule has 1 fully saturated rings. The van der Waals surface area contributed by atoms with E-state index in [9.17, 15) is 9.59 Å². The Balaban J connectivity index is 1.86. The molecule has 0 unspecified atom stereocenters. The summed E-state index contributed by atoms with van der Waals surface area (Å²) >= 11 is 0. The molecule has 0 atom stereocenters. The van der Waals surface area contributed by atoms with Crippen LogP contribution in [-0.4, -0.2) is 58.0 Å². The normalized spacial score (nSPS) is 15.7. The highest BCUT2D eigenvalue weighted by molar-refractivity contribution is 5.78. The second-order valence-electron chi connectivity index (χ2n) is 6.33. The number of hydrogen-bond acceptors (Lipinski definition) is 5. The maximum atomic E-state index is 12.3. The third-order valence-corrected chi connectivity index (χ3v) is 3.73. The highest BCUT2D eigenvalue weighted by Gasteiger charge is 2.29. The van der Waals surface area contributed by atoms with Gasteiger partial charge in [0.25, 0.3) is 0 Å². The Bertz CT molecular complexity index is 525. The van der Waals surface area contributed by atoms with Crippen molar-refractivity contribution in [2.45, 2.75) is 26.7 Å². The molecule has 0 aromatic carbocycles. The minimum atomic E-state index is -0.871. The Labute approximate surface area is 130 Å². The molecule has 1 saturated heterocycles. The summed E-state index contributed by atoms with van der Waals surface area (Å²) in [5.74, 6) is -0.176. The highest BCUT2D eigenvalue weighted by Crippen LogP contribution is 2.26. The first-order chi connectivity index (χ1) is 10.4. The molecule has 22 heavy (non-hydrogen) atoms. The Hall–Kier alpha value is -2.18. The van der Waals surface area contributed by atoms with Gasteiger partial charge in [-0.25, -0.2) is 9.97 Å². The van der Waals surface area contributed by atoms with Crippen molar-refractivity contribution in [2.24, 2.45) is 5.41 Å². The molecule has 0 aliphatic carbocycles. The van der Waals surface area contributed by atoms with E-state index in [1.807, 2.05) is 18.7 Å². The number of carbonyl (C=O) groups excluding carboxylic acids is 1. The van der Waals surface area contributed by atoms with Crippen LogP contribution in [0.5, 0.6) is 0 Å². The molecule has 120 valence electrons. The van der Waals surface area contributed by atoms with Crippen molar-refractivity contribution in [2.75, 3.05) is 31.1 Å². The topological polar surface area (TPSA) is 86.6 Å². The average Bonchev–Trinajstić information content (AvgIpc) is 2.46. The van der Waals surface area contributed by atoms with E-state index in [0.29, 0.717) is 32.1 Å². The number of piperazine rings is 1. The van der Waals surface area contributed by atoms with Gasteiger partial charge in [0.1, 0.15) is 0 Å². The molecule has 7 nitrogen and oxygen atoms in total. The average molecular weight is 306 g/mol. The summed E-state index contributed by atoms with van der Waals surface area (Å²) in [7, 11) is 0. The molecule has 0 spiro atoms. The molecule has 1 aliphatic rings. The number of aromatic nitrogens is 2. The first-order valence-electron chi connectivity index (χ1n) is 7.39. The summed E-state index contributed by atoms with van der Waals surface area (Å²) in [5, 5.41) is 8.89. The van der Waals surface area contributed by atoms with E-state index >= 15 is 0 Å². The molecule has 1 N–H and O–H groups in total. The number of amides is 1. The van der Waals surface area contributed by atoms with E-state index in [1.165, 1.54) is 0 Å². The lowest BCUT2D eigenvalue weighted by atomic mass is 9.85. The summed E-state index contributed by atoms with van der Waals surface area (Å²) in [6, 6.07) is 1.77. The molecular weight excluding hydrogens is 284 g/mol. The van der Waals surface area contributed by atoms with Gasteiger partial charge in [-0.1, -0.05) is 13.8 Å². The monoisotopic (exact) mass is 306 g/mol. The smallest absolute Gasteiger partial charge is 0.303 e. The Morgan fingerprint density at radius 2 is 1.73 bits per heavy atom. The van der Waals surface area contributed by atoms with Crippen molar-refractivity contribution in [1.29, 1.82) is 0 Å². The fourth-order valence-electron chi connectivity index (χ4n) is 2.60. The lowest BCUT2D eigenvalue weighted by molar-refractivity contribution is -0.140. The molecule has 1 amide bonds. The molecule has 1 aliphatic heterocycles. The van der Waals surface area contributed by atoms with Gasteiger partial charge in [0, 0.05) is 45.0 Å². The van der Waals surface area contributed by atoms with Gasteiger partial charge >= 0.3 is 5.97 Å². The van der Waals surface area contributed by atoms with Crippen molar-refractivity contribution < 1.29 is 14.7 Å². The van der Waals surface area contributed by atoms with E-state index < -0.39 is 11.4 Å². The van der Waals surface area contributed by atoms with Gasteiger partial charge in [0.2, 0.25) is 11.9 Å². The van der Waals surface area contributed by atoms with E-state index in [2.05, 4.69) is 9.97 Å². The van der Waals surface area contributed by atoms with Crippen molar-refractivity contribution in [1.82, 2.24) is 14.9 Å². The van der Waals surface area contributed by atoms with E-state index in [0.717, 1.165) is 0 Å². The summed E-state index contributed by atoms with van der Waals surface area (Å²) in [5.41, 5.74) is -0.525. The number of hydrogen-bond donors (Lipinski definition) is 1. The van der Waals surface area contributed by atoms with Gasteiger partial charge in [-0.05, 0) is 11.5 Å². The molecule has 7 heteroatoms. The largest absolute Gasteiger partial charge is 0.481 e. The van der Waals surface area contributed by atoms with E-state index in [-0.39, 0.29) is 18.7 Å². The quantitative estimate of drug-likeness (QED) is 0.874. The van der Waals surface area contributed by atoms with Crippen LogP contribution in [0.1, 0.15) is 26.7 Å². The van der Waals surface area contributed by atoms with Gasteiger partial charge in [-0.15, -0.1) is 0 Å². The van der Waals surface area contributed by atoms with Crippen LogP contribution >= 0.6 is 0 Å². The first-order valence-corrected chi connectivity index (χ1v) is 7.39. The minimum absolute atomic E-state index is 0.00341. The number of aliphatic carboxylic acids is 1. The van der Waals surface area contributed by atoms with Crippen molar-refractivity contribution >= 4 is 17.8 Å². The van der Waals surface area contributed by atoms with Gasteiger partial charge in [0.15, 0.2) is 0 Å². The van der Waals surface area contributed by atoms with Gasteiger partial charge in [0.05, 0.1) is 6.42 Å². The van der Waals surface area contributed by atoms with Crippen molar-refractivity contribution in [3.63, 3.8) is 0 Å². The number of carbonyl (C=O) groups is 2. The van der Waals surface area contributed by atoms with Crippen LogP contribution < -0.4 is 4.90 Å². The zero-order chi connectivity index (χ0) is 16.2. The summed E-state index contributed by atoms with van der Waals surface area (Å²) in [4.78, 5) is 35.4. The fraction of sp³-hybridized carbons (Fsp3) is 0.600. The minimum Gasteiger partial charge on any atom is -0.481 e. The number of anilines is 1. The number of carboxylic acids is 1. The maximum Gasteiger partial charge on any atom is 0.303 e. The molecule has 0 radical (unpaired) electrons. The molecular formula is C15H22N4O3. The number of carboxylic acid groups (broad SMARTS) is 1. The predicted molar refractivity (Wildman–Crippen MR) is 81.5 cm³/mol. The number of nitrogens with zero attached hydrogens (tertiary/aromatic N) is 4. The third kappa shape index (κ3) is 4.41. The second-order valence-corrected chi connectivity index (χ2v) is 6.33. The molecule has 1 aromatic heterocycles. The van der Waals surface area contributed by atoms with Crippen LogP contribution in [0.15, 0.2) is 18.5 Å². The zero-order valence-corrected chi connectivity index (χ0v) is 13.0. The van der Waals surface area contributed by atoms with Crippen LogP contribution in [0.4, 0.5) is 5.95 Å². The SMILES string of the molecule is CC(C)(CC(=O)O)CC(=O)N1CCN(c2ncccn2)CC1. The van der Waals surface area contributed by atoms with Crippen LogP contribution in [0.2, 0.25) is 0 Å². The molecule has 2 heterocycles. The lowest BCUT2D eigenvalue weighted by Gasteiger charge is -2.36. The Morgan fingerprint density at radius 1 is 1.14 bits per heavy atom. The standard InChI is InChI=1S/C15H22N4O3/c1-15(2,11-13(21)22)10-12(20)18-6-8-19(9-7-18)14-16-4-3-5-17-14/h3-5H,6-11H2,1-2H3,(H,21,22). The Morgan fingerprint density at radius 3 is 2.27 bits per heavy atom. The van der Waals surface area contributed by atoms with E-state index in [1.54, 1.807) is 23.4 Å². The highest BCUT2D eigenvalue weighted by atomic mass is 16.4. The fourth-order valence-corrected chi connectivity index (χ4v) is 2.60. The lowest BCUT2D eigenvalue weighted by Crippen LogP contribution is -2.50. The van der Waals surface area contributed by atoms with E-state index in [4.69, 9.17) is 5.11 Å². The molecule has 2 rings (SSSR count). The molecule has 0 saturated carbocycles. The van der Waals surface area contributed by atoms with Crippen LogP contribution in [0, 0.1) is 5.41 Å². The maximum absolute atomic E-state index is 12.3. The summed E-state index contributed by atoms with van der Waals surface area (Å²) in [6.45, 7) is 6.23. The first kappa shape index (κ1) is 16.2. The predicted octanol–water partition coefficient (Wildman–Crippen LogP) is 1.02. The second kappa shape index (κ2) is 6.72. The Kier molecular flexibility index (Phi) is 4.95. The summed E-state index contributed by atoms with van der Waals surface area (Å²) in [6.07, 6.45) is 3.65. The van der Waals surface area contributed by atoms with Gasteiger partial charge in [-0.2, -0.15) is 0 Å². The van der Waals surface area contributed by atoms with Gasteiger partial charge < -0.3 is 14.9 Å². The molecule has 0 bridgehead atoms. The van der Waals surface area contributed by atoms with Crippen LogP contribution in [-0.2, 0) is 9.59 Å². The summed E-state index contributed by atoms with van der Waals surface area (Å²) < 4.78 is 0. The van der Waals surface area contributed by atoms with Crippen molar-refractivity contribution in [3.05, 3.63) is 18.5 Å². The van der Waals surface area contributed by atoms with Crippen LogP contribution in [0.3, 0.4) is 0 Å². The van der Waals surface area contributed by atoms with Crippen molar-refractivity contribution in [3.8, 4) is 0 Å². The van der Waals surface area contributed by atoms with Crippen LogP contribution in [0.25, 0.3) is 0 Å². The molecule has 1 aromatic rings. The third-order valence-electron chi connectivity index (χ3n) is 3.73.